The Morgan fingerprint density at radius 3 is 2.96 bits per heavy atom. The van der Waals surface area contributed by atoms with Crippen LogP contribution in [0.3, 0.4) is 0 Å². The van der Waals surface area contributed by atoms with Crippen LogP contribution in [-0.2, 0) is 0 Å². The van der Waals surface area contributed by atoms with Gasteiger partial charge in [0, 0.05) is 30.9 Å². The van der Waals surface area contributed by atoms with Crippen molar-refractivity contribution in [2.75, 3.05) is 13.1 Å². The topological polar surface area (TPSA) is 85.8 Å². The van der Waals surface area contributed by atoms with Crippen LogP contribution in [0.5, 0.6) is 0 Å². The van der Waals surface area contributed by atoms with Gasteiger partial charge in [0.2, 0.25) is 0 Å². The molecule has 4 heterocycles. The number of hydrogen-bond acceptors (Lipinski definition) is 7. The van der Waals surface area contributed by atoms with Gasteiger partial charge in [-0.05, 0) is 44.0 Å². The van der Waals surface area contributed by atoms with Crippen LogP contribution in [0.4, 0.5) is 0 Å². The Morgan fingerprint density at radius 2 is 2.12 bits per heavy atom. The Balaban J connectivity index is 1.51. The van der Waals surface area contributed by atoms with Crippen LogP contribution in [0.15, 0.2) is 28.9 Å². The molecule has 24 heavy (non-hydrogen) atoms. The summed E-state index contributed by atoms with van der Waals surface area (Å²) in [5.41, 5.74) is 0.758. The fourth-order valence-electron chi connectivity index (χ4n) is 3.28. The van der Waals surface area contributed by atoms with Gasteiger partial charge in [-0.3, -0.25) is 4.40 Å². The van der Waals surface area contributed by atoms with E-state index >= 15 is 0 Å². The van der Waals surface area contributed by atoms with Gasteiger partial charge in [0.25, 0.3) is 0 Å². The lowest BCUT2D eigenvalue weighted by Gasteiger charge is -2.22. The van der Waals surface area contributed by atoms with Crippen molar-refractivity contribution in [2.24, 2.45) is 0 Å². The fourth-order valence-corrected chi connectivity index (χ4v) is 4.22. The van der Waals surface area contributed by atoms with E-state index in [1.165, 1.54) is 37.4 Å². The number of piperidine rings is 1. The summed E-state index contributed by atoms with van der Waals surface area (Å²) < 4.78 is 4.21. The van der Waals surface area contributed by atoms with E-state index in [1.54, 1.807) is 12.5 Å². The highest BCUT2D eigenvalue weighted by Crippen LogP contribution is 2.42. The summed E-state index contributed by atoms with van der Waals surface area (Å²) >= 11 is 1.54. The largest absolute Gasteiger partial charge is 0.316 e. The average molecular weight is 342 g/mol. The summed E-state index contributed by atoms with van der Waals surface area (Å²) in [6.45, 7) is 2.10. The first-order valence-corrected chi connectivity index (χ1v) is 9.19. The van der Waals surface area contributed by atoms with Gasteiger partial charge in [0.1, 0.15) is 17.2 Å². The monoisotopic (exact) mass is 342 g/mol. The minimum atomic E-state index is 0.457. The van der Waals surface area contributed by atoms with Gasteiger partial charge in [-0.25, -0.2) is 4.98 Å². The van der Waals surface area contributed by atoms with E-state index in [4.69, 9.17) is 0 Å². The van der Waals surface area contributed by atoms with Crippen molar-refractivity contribution < 1.29 is 0 Å². The molecule has 1 aliphatic carbocycles. The molecule has 1 saturated carbocycles. The van der Waals surface area contributed by atoms with E-state index in [0.29, 0.717) is 12.0 Å². The number of rotatable bonds is 4. The number of hydrogen-bond donors (Lipinski definition) is 1. The van der Waals surface area contributed by atoms with Gasteiger partial charge in [-0.15, -0.1) is 20.4 Å². The first-order chi connectivity index (χ1) is 11.9. The molecule has 0 amide bonds. The van der Waals surface area contributed by atoms with Crippen LogP contribution >= 0.6 is 11.8 Å². The summed E-state index contributed by atoms with van der Waals surface area (Å²) in [4.78, 5) is 4.46. The van der Waals surface area contributed by atoms with Crippen molar-refractivity contribution in [3.8, 4) is 0 Å². The van der Waals surface area contributed by atoms with Crippen molar-refractivity contribution in [1.29, 1.82) is 0 Å². The van der Waals surface area contributed by atoms with Crippen LogP contribution in [-0.4, -0.2) is 47.4 Å². The maximum atomic E-state index is 4.55. The van der Waals surface area contributed by atoms with E-state index in [9.17, 15) is 0 Å². The second-order valence-electron chi connectivity index (χ2n) is 6.38. The van der Waals surface area contributed by atoms with E-state index < -0.39 is 0 Å². The zero-order chi connectivity index (χ0) is 15.9. The molecule has 8 nitrogen and oxygen atoms in total. The summed E-state index contributed by atoms with van der Waals surface area (Å²) in [6, 6.07) is 0.539. The molecule has 3 aromatic rings. The highest BCUT2D eigenvalue weighted by Gasteiger charge is 2.33. The van der Waals surface area contributed by atoms with E-state index in [-0.39, 0.29) is 0 Å². The van der Waals surface area contributed by atoms with Crippen LogP contribution in [0.2, 0.25) is 0 Å². The standard InChI is InChI=1S/C15H18N8S/c1-2-10(8-16-5-1)12-20-21-15(23(12)11-3-4-11)24-14-13-19-18-9-22(13)7-6-17-14/h6-7,9-11,16H,1-5,8H2/t10-/m1/s1. The highest BCUT2D eigenvalue weighted by atomic mass is 32.2. The van der Waals surface area contributed by atoms with Gasteiger partial charge in [0.05, 0.1) is 0 Å². The molecule has 2 aliphatic rings. The third-order valence-corrected chi connectivity index (χ3v) is 5.58. The van der Waals surface area contributed by atoms with Gasteiger partial charge in [-0.2, -0.15) is 0 Å². The predicted octanol–water partition coefficient (Wildman–Crippen LogP) is 1.67. The lowest BCUT2D eigenvalue weighted by molar-refractivity contribution is 0.428. The fraction of sp³-hybridized carbons (Fsp3) is 0.533. The maximum Gasteiger partial charge on any atom is 0.197 e. The van der Waals surface area contributed by atoms with Gasteiger partial charge < -0.3 is 9.88 Å². The van der Waals surface area contributed by atoms with Gasteiger partial charge >= 0.3 is 0 Å². The third kappa shape index (κ3) is 2.48. The third-order valence-electron chi connectivity index (χ3n) is 4.64. The van der Waals surface area contributed by atoms with Crippen molar-refractivity contribution in [2.45, 2.75) is 47.8 Å². The quantitative estimate of drug-likeness (QED) is 0.772. The van der Waals surface area contributed by atoms with E-state index in [1.807, 2.05) is 10.6 Å². The first kappa shape index (κ1) is 14.4. The number of fused-ring (bicyclic) bond motifs is 1. The number of aromatic nitrogens is 7. The van der Waals surface area contributed by atoms with Gasteiger partial charge in [-0.1, -0.05) is 0 Å². The molecular weight excluding hydrogens is 324 g/mol. The Labute approximate surface area is 143 Å². The molecule has 3 aromatic heterocycles. The SMILES string of the molecule is c1cn2cnnc2c(Sc2nnc([C@@H]3CCCNC3)n2C2CC2)n1. The Kier molecular flexibility index (Phi) is 3.48. The van der Waals surface area contributed by atoms with Crippen LogP contribution < -0.4 is 5.32 Å². The smallest absolute Gasteiger partial charge is 0.197 e. The Morgan fingerprint density at radius 1 is 1.17 bits per heavy atom. The Hall–Kier alpha value is -2.00. The molecule has 124 valence electrons. The molecule has 1 saturated heterocycles. The maximum absolute atomic E-state index is 4.55. The van der Waals surface area contributed by atoms with E-state index in [0.717, 1.165) is 34.7 Å². The van der Waals surface area contributed by atoms with Crippen LogP contribution in [0, 0.1) is 0 Å². The number of nitrogens with zero attached hydrogens (tertiary/aromatic N) is 7. The van der Waals surface area contributed by atoms with Crippen molar-refractivity contribution >= 4 is 17.4 Å². The van der Waals surface area contributed by atoms with Gasteiger partial charge in [0.15, 0.2) is 10.8 Å². The summed E-state index contributed by atoms with van der Waals surface area (Å²) in [6.07, 6.45) is 10.1. The lowest BCUT2D eigenvalue weighted by Crippen LogP contribution is -2.30. The summed E-state index contributed by atoms with van der Waals surface area (Å²) in [7, 11) is 0. The molecule has 5 rings (SSSR count). The zero-order valence-electron chi connectivity index (χ0n) is 13.2. The van der Waals surface area contributed by atoms with E-state index in [2.05, 4.69) is 35.3 Å². The molecule has 9 heteroatoms. The lowest BCUT2D eigenvalue weighted by atomic mass is 9.99. The highest BCUT2D eigenvalue weighted by molar-refractivity contribution is 7.99. The molecule has 0 unspecified atom stereocenters. The van der Waals surface area contributed by atoms with Crippen LogP contribution in [0.1, 0.15) is 43.5 Å². The van der Waals surface area contributed by atoms with Crippen molar-refractivity contribution in [1.82, 2.24) is 39.7 Å². The van der Waals surface area contributed by atoms with Crippen LogP contribution in [0.25, 0.3) is 5.65 Å². The molecule has 0 spiro atoms. The molecule has 0 radical (unpaired) electrons. The molecule has 0 bridgehead atoms. The Bertz CT molecular complexity index is 861. The molecule has 1 N–H and O–H groups in total. The average Bonchev–Trinajstić information content (AvgIpc) is 3.18. The second kappa shape index (κ2) is 5.82. The minimum absolute atomic E-state index is 0.457. The summed E-state index contributed by atoms with van der Waals surface area (Å²) in [5, 5.41) is 22.4. The van der Waals surface area contributed by atoms with Crippen molar-refractivity contribution in [3.05, 3.63) is 24.5 Å². The minimum Gasteiger partial charge on any atom is -0.316 e. The second-order valence-corrected chi connectivity index (χ2v) is 7.34. The number of nitrogens with one attached hydrogen (secondary N) is 1. The first-order valence-electron chi connectivity index (χ1n) is 8.38. The zero-order valence-corrected chi connectivity index (χ0v) is 14.0. The molecule has 1 aliphatic heterocycles. The normalized spacial score (nSPS) is 21.4. The van der Waals surface area contributed by atoms with Crippen molar-refractivity contribution in [3.63, 3.8) is 0 Å². The molecule has 2 fully saturated rings. The molecule has 1 atom stereocenters. The summed E-state index contributed by atoms with van der Waals surface area (Å²) in [5.74, 6) is 1.58. The molecule has 0 aromatic carbocycles. The molecular formula is C15H18N8S. The predicted molar refractivity (Wildman–Crippen MR) is 88.0 cm³/mol.